The van der Waals surface area contributed by atoms with Crippen LogP contribution in [0.4, 0.5) is 9.93 Å². The zero-order valence-corrected chi connectivity index (χ0v) is 21.2. The minimum Gasteiger partial charge on any atom is -0.457 e. The van der Waals surface area contributed by atoms with Gasteiger partial charge in [0.15, 0.2) is 5.13 Å². The molecule has 9 heteroatoms. The lowest BCUT2D eigenvalue weighted by Crippen LogP contribution is -2.54. The Morgan fingerprint density at radius 1 is 1.03 bits per heavy atom. The Morgan fingerprint density at radius 2 is 1.69 bits per heavy atom. The van der Waals surface area contributed by atoms with E-state index in [1.165, 1.54) is 11.3 Å². The van der Waals surface area contributed by atoms with Gasteiger partial charge in [-0.25, -0.2) is 9.78 Å². The summed E-state index contributed by atoms with van der Waals surface area (Å²) < 4.78 is 11.4. The third kappa shape index (κ3) is 5.92. The third-order valence-corrected chi connectivity index (χ3v) is 6.58. The molecule has 0 spiro atoms. The van der Waals surface area contributed by atoms with Crippen molar-refractivity contribution in [2.24, 2.45) is 5.73 Å². The molecule has 1 aliphatic rings. The number of para-hydroxylation sites is 1. The number of hydrogen-bond donors (Lipinski definition) is 1. The van der Waals surface area contributed by atoms with E-state index in [4.69, 9.17) is 20.2 Å². The van der Waals surface area contributed by atoms with Crippen LogP contribution in [0.2, 0.25) is 0 Å². The summed E-state index contributed by atoms with van der Waals surface area (Å²) >= 11 is 1.27. The molecule has 0 bridgehead atoms. The lowest BCUT2D eigenvalue weighted by molar-refractivity contribution is 0.0218. The van der Waals surface area contributed by atoms with E-state index in [2.05, 4.69) is 4.90 Å². The van der Waals surface area contributed by atoms with Gasteiger partial charge in [-0.3, -0.25) is 4.79 Å². The molecule has 1 aliphatic heterocycles. The van der Waals surface area contributed by atoms with Crippen molar-refractivity contribution in [1.82, 2.24) is 9.88 Å². The van der Waals surface area contributed by atoms with Crippen LogP contribution in [-0.4, -0.2) is 53.2 Å². The number of ether oxygens (including phenoxy) is 2. The molecule has 0 aliphatic carbocycles. The van der Waals surface area contributed by atoms with Gasteiger partial charge in [0.05, 0.1) is 5.69 Å². The lowest BCUT2D eigenvalue weighted by atomic mass is 10.1. The van der Waals surface area contributed by atoms with Crippen LogP contribution in [0, 0.1) is 0 Å². The van der Waals surface area contributed by atoms with Crippen LogP contribution in [0.15, 0.2) is 54.6 Å². The molecule has 8 nitrogen and oxygen atoms in total. The van der Waals surface area contributed by atoms with E-state index < -0.39 is 11.5 Å². The highest BCUT2D eigenvalue weighted by Gasteiger charge is 2.32. The largest absolute Gasteiger partial charge is 0.457 e. The molecule has 1 aromatic heterocycles. The smallest absolute Gasteiger partial charge is 0.410 e. The van der Waals surface area contributed by atoms with Crippen LogP contribution in [0.1, 0.15) is 37.4 Å². The van der Waals surface area contributed by atoms with Gasteiger partial charge < -0.3 is 25.0 Å². The summed E-state index contributed by atoms with van der Waals surface area (Å²) in [7, 11) is 0. The van der Waals surface area contributed by atoms with E-state index >= 15 is 0 Å². The summed E-state index contributed by atoms with van der Waals surface area (Å²) in [6.45, 7) is 9.17. The molecule has 2 N–H and O–H groups in total. The van der Waals surface area contributed by atoms with Crippen molar-refractivity contribution in [3.8, 4) is 22.8 Å². The molecular weight excluding hydrogens is 464 g/mol. The molecular formula is C26H30N4O4S. The molecule has 2 aromatic carbocycles. The Hall–Kier alpha value is -3.59. The Labute approximate surface area is 209 Å². The quantitative estimate of drug-likeness (QED) is 0.527. The fourth-order valence-electron chi connectivity index (χ4n) is 3.83. The highest BCUT2D eigenvalue weighted by Crippen LogP contribution is 2.35. The number of piperazine rings is 1. The number of carbonyl (C=O) groups is 2. The van der Waals surface area contributed by atoms with Gasteiger partial charge in [-0.2, -0.15) is 0 Å². The Morgan fingerprint density at radius 3 is 2.29 bits per heavy atom. The number of nitrogens with zero attached hydrogens (tertiary/aromatic N) is 3. The molecule has 0 saturated carbocycles. The fourth-order valence-corrected chi connectivity index (χ4v) is 4.90. The van der Waals surface area contributed by atoms with Crippen molar-refractivity contribution >= 4 is 28.5 Å². The number of hydrogen-bond acceptors (Lipinski definition) is 7. The zero-order valence-electron chi connectivity index (χ0n) is 20.4. The Balaban J connectivity index is 1.51. The number of aromatic nitrogens is 1. The van der Waals surface area contributed by atoms with Crippen molar-refractivity contribution < 1.29 is 19.1 Å². The third-order valence-electron chi connectivity index (χ3n) is 5.47. The fraction of sp³-hybridized carbons (Fsp3) is 0.346. The van der Waals surface area contributed by atoms with Crippen molar-refractivity contribution in [3.05, 3.63) is 59.5 Å². The van der Waals surface area contributed by atoms with Gasteiger partial charge in [-0.05, 0) is 64.1 Å². The number of carbonyl (C=O) groups excluding carboxylic acids is 2. The van der Waals surface area contributed by atoms with Crippen LogP contribution < -0.4 is 15.4 Å². The second-order valence-electron chi connectivity index (χ2n) is 9.45. The number of primary amides is 1. The standard InChI is InChI=1S/C26H30N4O4S/c1-17-16-29(25(32)34-26(2,3)4)14-15-30(17)24-28-21(22(35-24)23(27)31)18-10-12-20(13-11-18)33-19-8-6-5-7-9-19/h5-13,17H,14-16H2,1-4H3,(H2,27,31). The van der Waals surface area contributed by atoms with Crippen molar-refractivity contribution in [3.63, 3.8) is 0 Å². The molecule has 4 rings (SSSR count). The van der Waals surface area contributed by atoms with Gasteiger partial charge in [0.25, 0.3) is 5.91 Å². The van der Waals surface area contributed by atoms with Gasteiger partial charge in [-0.15, -0.1) is 0 Å². The molecule has 1 unspecified atom stereocenters. The minimum atomic E-state index is -0.542. The van der Waals surface area contributed by atoms with E-state index in [9.17, 15) is 9.59 Å². The van der Waals surface area contributed by atoms with Crippen LogP contribution in [0.3, 0.4) is 0 Å². The Kier molecular flexibility index (Phi) is 6.98. The molecule has 1 atom stereocenters. The van der Waals surface area contributed by atoms with Gasteiger partial charge in [-0.1, -0.05) is 29.5 Å². The van der Waals surface area contributed by atoms with Gasteiger partial charge in [0.2, 0.25) is 0 Å². The van der Waals surface area contributed by atoms with Crippen molar-refractivity contribution in [1.29, 1.82) is 0 Å². The second-order valence-corrected chi connectivity index (χ2v) is 10.4. The number of benzene rings is 2. The summed E-state index contributed by atoms with van der Waals surface area (Å²) in [5.74, 6) is 0.907. The first-order valence-corrected chi connectivity index (χ1v) is 12.3. The number of amides is 2. The predicted molar refractivity (Wildman–Crippen MR) is 137 cm³/mol. The first-order chi connectivity index (χ1) is 16.6. The van der Waals surface area contributed by atoms with Crippen LogP contribution in [0.25, 0.3) is 11.3 Å². The highest BCUT2D eigenvalue weighted by molar-refractivity contribution is 7.18. The summed E-state index contributed by atoms with van der Waals surface area (Å²) in [6.07, 6.45) is -0.320. The molecule has 35 heavy (non-hydrogen) atoms. The predicted octanol–water partition coefficient (Wildman–Crippen LogP) is 5.15. The van der Waals surface area contributed by atoms with E-state index in [1.807, 2.05) is 82.3 Å². The highest BCUT2D eigenvalue weighted by atomic mass is 32.1. The molecule has 0 radical (unpaired) electrons. The molecule has 2 heterocycles. The maximum absolute atomic E-state index is 12.5. The van der Waals surface area contributed by atoms with Crippen LogP contribution in [-0.2, 0) is 4.74 Å². The number of nitrogens with two attached hydrogens (primary N) is 1. The topological polar surface area (TPSA) is 98.0 Å². The van der Waals surface area contributed by atoms with E-state index in [-0.39, 0.29) is 12.1 Å². The van der Waals surface area contributed by atoms with Crippen LogP contribution >= 0.6 is 11.3 Å². The number of thiazole rings is 1. The average molecular weight is 495 g/mol. The molecule has 1 saturated heterocycles. The summed E-state index contributed by atoms with van der Waals surface area (Å²) in [4.78, 5) is 33.7. The monoisotopic (exact) mass is 494 g/mol. The lowest BCUT2D eigenvalue weighted by Gasteiger charge is -2.40. The van der Waals surface area contributed by atoms with Gasteiger partial charge in [0, 0.05) is 31.2 Å². The molecule has 1 fully saturated rings. The Bertz CT molecular complexity index is 1190. The van der Waals surface area contributed by atoms with Gasteiger partial charge >= 0.3 is 6.09 Å². The van der Waals surface area contributed by atoms with E-state index in [0.29, 0.717) is 41.1 Å². The molecule has 184 valence electrons. The normalized spacial score (nSPS) is 16.2. The minimum absolute atomic E-state index is 0.00218. The maximum atomic E-state index is 12.5. The number of anilines is 1. The van der Waals surface area contributed by atoms with Crippen molar-refractivity contribution in [2.45, 2.75) is 39.3 Å². The van der Waals surface area contributed by atoms with Gasteiger partial charge in [0.1, 0.15) is 22.0 Å². The average Bonchev–Trinajstić information content (AvgIpc) is 3.24. The second kappa shape index (κ2) is 9.95. The molecule has 2 amide bonds. The first-order valence-electron chi connectivity index (χ1n) is 11.5. The zero-order chi connectivity index (χ0) is 25.2. The van der Waals surface area contributed by atoms with E-state index in [0.717, 1.165) is 11.3 Å². The summed E-state index contributed by atoms with van der Waals surface area (Å²) in [5, 5.41) is 0.703. The van der Waals surface area contributed by atoms with Crippen LogP contribution in [0.5, 0.6) is 11.5 Å². The summed E-state index contributed by atoms with van der Waals surface area (Å²) in [6, 6.07) is 16.9. The van der Waals surface area contributed by atoms with Crippen molar-refractivity contribution in [2.75, 3.05) is 24.5 Å². The van der Waals surface area contributed by atoms with E-state index in [1.54, 1.807) is 4.90 Å². The molecule has 3 aromatic rings. The summed E-state index contributed by atoms with van der Waals surface area (Å²) in [5.41, 5.74) is 6.49. The number of rotatable bonds is 5. The first kappa shape index (κ1) is 24.5. The maximum Gasteiger partial charge on any atom is 0.410 e. The SMILES string of the molecule is CC1CN(C(=O)OC(C)(C)C)CCN1c1nc(-c2ccc(Oc3ccccc3)cc2)c(C(N)=O)s1.